The Balaban J connectivity index is 0.00000450. The van der Waals surface area contributed by atoms with E-state index in [1.165, 1.54) is 4.90 Å². The number of hydrogen-bond donors (Lipinski definition) is 1. The van der Waals surface area contributed by atoms with Crippen molar-refractivity contribution in [3.8, 4) is 5.75 Å². The van der Waals surface area contributed by atoms with E-state index in [4.69, 9.17) is 14.2 Å². The molecule has 1 aliphatic heterocycles. The molecular formula is C21H31ClN2O6. The summed E-state index contributed by atoms with van der Waals surface area (Å²) in [5.41, 5.74) is 1.33. The molecule has 1 N–H and O–H groups in total. The van der Waals surface area contributed by atoms with Gasteiger partial charge in [-0.05, 0) is 45.7 Å². The Morgan fingerprint density at radius 3 is 2.53 bits per heavy atom. The molecule has 0 spiro atoms. The maximum Gasteiger partial charge on any atom is 0.414 e. The fraction of sp³-hybridized carbons (Fsp3) is 0.571. The molecular weight excluding hydrogens is 412 g/mol. The van der Waals surface area contributed by atoms with Gasteiger partial charge in [0.1, 0.15) is 5.75 Å². The lowest BCUT2D eigenvalue weighted by atomic mass is 9.96. The van der Waals surface area contributed by atoms with Crippen LogP contribution in [0.4, 0.5) is 10.5 Å². The van der Waals surface area contributed by atoms with Gasteiger partial charge in [0.15, 0.2) is 0 Å². The van der Waals surface area contributed by atoms with Crippen LogP contribution in [0.15, 0.2) is 18.2 Å². The van der Waals surface area contributed by atoms with Gasteiger partial charge < -0.3 is 24.4 Å². The summed E-state index contributed by atoms with van der Waals surface area (Å²) in [6.07, 6.45) is 0.414. The second-order valence-corrected chi connectivity index (χ2v) is 8.06. The zero-order chi connectivity index (χ0) is 21.6. The summed E-state index contributed by atoms with van der Waals surface area (Å²) in [4.78, 5) is 36.9. The number of rotatable bonds is 7. The van der Waals surface area contributed by atoms with Gasteiger partial charge in [0.05, 0.1) is 5.41 Å². The number of ether oxygens (including phenoxy) is 3. The highest BCUT2D eigenvalue weighted by molar-refractivity contribution is 5.85. The molecule has 0 aliphatic carbocycles. The highest BCUT2D eigenvalue weighted by Gasteiger charge is 2.25. The normalized spacial score (nSPS) is 14.6. The van der Waals surface area contributed by atoms with E-state index in [9.17, 15) is 14.4 Å². The number of fused-ring (bicyclic) bond motifs is 1. The van der Waals surface area contributed by atoms with Gasteiger partial charge in [0, 0.05) is 44.2 Å². The van der Waals surface area contributed by atoms with Crippen LogP contribution in [0.3, 0.4) is 0 Å². The Kier molecular flexibility index (Phi) is 9.42. The first-order chi connectivity index (χ1) is 13.6. The highest BCUT2D eigenvalue weighted by atomic mass is 35.5. The van der Waals surface area contributed by atoms with Crippen LogP contribution in [0.25, 0.3) is 0 Å². The molecule has 1 heterocycles. The predicted molar refractivity (Wildman–Crippen MR) is 115 cm³/mol. The second-order valence-electron chi connectivity index (χ2n) is 8.06. The molecule has 9 heteroatoms. The molecule has 2 rings (SSSR count). The predicted octanol–water partition coefficient (Wildman–Crippen LogP) is 3.94. The summed E-state index contributed by atoms with van der Waals surface area (Å²) in [7, 11) is 1.67. The monoisotopic (exact) mass is 442 g/mol. The lowest BCUT2D eigenvalue weighted by Gasteiger charge is -2.16. The van der Waals surface area contributed by atoms with Crippen molar-refractivity contribution in [2.24, 2.45) is 5.41 Å². The van der Waals surface area contributed by atoms with Crippen LogP contribution in [0.1, 0.15) is 52.0 Å². The fourth-order valence-electron chi connectivity index (χ4n) is 2.75. The van der Waals surface area contributed by atoms with Gasteiger partial charge in [-0.15, -0.1) is 12.4 Å². The minimum atomic E-state index is -0.634. The molecule has 1 aromatic rings. The zero-order valence-corrected chi connectivity index (χ0v) is 19.0. The molecule has 0 saturated heterocycles. The molecule has 0 radical (unpaired) electrons. The molecule has 1 aromatic carbocycles. The molecule has 0 bridgehead atoms. The third kappa shape index (κ3) is 7.09. The summed E-state index contributed by atoms with van der Waals surface area (Å²) in [5.74, 6) is -0.200. The van der Waals surface area contributed by atoms with E-state index in [-0.39, 0.29) is 31.5 Å². The fourth-order valence-corrected chi connectivity index (χ4v) is 2.75. The average molecular weight is 443 g/mol. The van der Waals surface area contributed by atoms with Crippen LogP contribution in [-0.2, 0) is 19.1 Å². The van der Waals surface area contributed by atoms with E-state index in [0.717, 1.165) is 11.3 Å². The van der Waals surface area contributed by atoms with Gasteiger partial charge in [-0.1, -0.05) is 6.07 Å². The van der Waals surface area contributed by atoms with Gasteiger partial charge >= 0.3 is 18.0 Å². The van der Waals surface area contributed by atoms with Crippen molar-refractivity contribution in [2.75, 3.05) is 32.2 Å². The van der Waals surface area contributed by atoms with E-state index in [2.05, 4.69) is 5.32 Å². The number of esters is 2. The number of nitrogens with zero attached hydrogens (tertiary/aromatic N) is 1. The molecule has 0 aromatic heterocycles. The van der Waals surface area contributed by atoms with Crippen LogP contribution in [0.5, 0.6) is 5.75 Å². The van der Waals surface area contributed by atoms with E-state index < -0.39 is 23.4 Å². The van der Waals surface area contributed by atoms with Gasteiger partial charge in [-0.25, -0.2) is 4.79 Å². The van der Waals surface area contributed by atoms with Crippen molar-refractivity contribution in [1.82, 2.24) is 4.90 Å². The lowest BCUT2D eigenvalue weighted by molar-refractivity contribution is -0.173. The highest BCUT2D eigenvalue weighted by Crippen LogP contribution is 2.36. The molecule has 168 valence electrons. The molecule has 0 saturated carbocycles. The smallest absolute Gasteiger partial charge is 0.414 e. The quantitative estimate of drug-likeness (QED) is 0.504. The molecule has 8 nitrogen and oxygen atoms in total. The van der Waals surface area contributed by atoms with Crippen molar-refractivity contribution in [3.63, 3.8) is 0 Å². The molecule has 1 amide bonds. The number of anilines is 1. The van der Waals surface area contributed by atoms with Gasteiger partial charge in [0.2, 0.25) is 6.79 Å². The number of nitrogens with one attached hydrogen (secondary N) is 1. The number of amides is 1. The molecule has 0 fully saturated rings. The van der Waals surface area contributed by atoms with E-state index in [0.29, 0.717) is 25.3 Å². The first kappa shape index (κ1) is 25.6. The van der Waals surface area contributed by atoms with E-state index in [1.54, 1.807) is 40.0 Å². The first-order valence-corrected chi connectivity index (χ1v) is 9.75. The Morgan fingerprint density at radius 2 is 1.90 bits per heavy atom. The Bertz CT molecular complexity index is 762. The molecule has 1 aliphatic rings. The maximum atomic E-state index is 11.9. The minimum absolute atomic E-state index is 0. The van der Waals surface area contributed by atoms with Crippen LogP contribution >= 0.6 is 12.4 Å². The van der Waals surface area contributed by atoms with E-state index >= 15 is 0 Å². The zero-order valence-electron chi connectivity index (χ0n) is 18.1. The molecule has 1 unspecified atom stereocenters. The minimum Gasteiger partial charge on any atom is -0.428 e. The summed E-state index contributed by atoms with van der Waals surface area (Å²) in [6, 6.07) is 5.45. The van der Waals surface area contributed by atoms with E-state index in [1.807, 2.05) is 13.0 Å². The third-order valence-corrected chi connectivity index (χ3v) is 4.71. The SMILES string of the molecule is CCN(C)C(=O)Oc1ccc2c(c1)NCC2CCC(=O)OCOC(=O)C(C)(C)C.Cl. The van der Waals surface area contributed by atoms with Gasteiger partial charge in [0.25, 0.3) is 0 Å². The number of carbonyl (C=O) groups is 3. The summed E-state index contributed by atoms with van der Waals surface area (Å²) < 4.78 is 15.3. The van der Waals surface area contributed by atoms with Gasteiger partial charge in [-0.3, -0.25) is 9.59 Å². The van der Waals surface area contributed by atoms with Gasteiger partial charge in [-0.2, -0.15) is 0 Å². The first-order valence-electron chi connectivity index (χ1n) is 9.75. The molecule has 1 atom stereocenters. The number of hydrogen-bond acceptors (Lipinski definition) is 7. The number of halogens is 1. The van der Waals surface area contributed by atoms with Crippen LogP contribution in [-0.4, -0.2) is 49.9 Å². The Morgan fingerprint density at radius 1 is 1.20 bits per heavy atom. The van der Waals surface area contributed by atoms with Crippen LogP contribution < -0.4 is 10.1 Å². The topological polar surface area (TPSA) is 94.2 Å². The summed E-state index contributed by atoms with van der Waals surface area (Å²) in [6.45, 7) is 7.96. The lowest BCUT2D eigenvalue weighted by Crippen LogP contribution is -2.29. The number of carbonyl (C=O) groups excluding carboxylic acids is 3. The largest absolute Gasteiger partial charge is 0.428 e. The third-order valence-electron chi connectivity index (χ3n) is 4.71. The summed E-state index contributed by atoms with van der Waals surface area (Å²) >= 11 is 0. The van der Waals surface area contributed by atoms with Crippen molar-refractivity contribution >= 4 is 36.1 Å². The average Bonchev–Trinajstić information content (AvgIpc) is 3.07. The van der Waals surface area contributed by atoms with Crippen molar-refractivity contribution in [3.05, 3.63) is 23.8 Å². The molecule has 30 heavy (non-hydrogen) atoms. The van der Waals surface area contributed by atoms with Crippen LogP contribution in [0.2, 0.25) is 0 Å². The Hall–Kier alpha value is -2.48. The number of benzene rings is 1. The van der Waals surface area contributed by atoms with Crippen molar-refractivity contribution in [2.45, 2.75) is 46.5 Å². The summed E-state index contributed by atoms with van der Waals surface area (Å²) in [5, 5.41) is 3.28. The maximum absolute atomic E-state index is 11.9. The van der Waals surface area contributed by atoms with Crippen molar-refractivity contribution < 1.29 is 28.6 Å². The Labute approximate surface area is 183 Å². The van der Waals surface area contributed by atoms with Crippen molar-refractivity contribution in [1.29, 1.82) is 0 Å². The second kappa shape index (κ2) is 11.1. The van der Waals surface area contributed by atoms with Crippen LogP contribution in [0, 0.1) is 5.41 Å². The standard InChI is InChI=1S/C21H30N2O6.ClH/c1-6-23(5)20(26)29-15-8-9-16-14(12-22-17(16)11-15)7-10-18(24)27-13-28-19(25)21(2,3)4;/h8-9,11,14,22H,6-7,10,12-13H2,1-5H3;1H.